The van der Waals surface area contributed by atoms with E-state index in [2.05, 4.69) is 22.1 Å². The number of nitrogens with zero attached hydrogens (tertiary/aromatic N) is 4. The quantitative estimate of drug-likeness (QED) is 0.859. The van der Waals surface area contributed by atoms with Crippen molar-refractivity contribution in [3.8, 4) is 16.1 Å². The Morgan fingerprint density at radius 1 is 1.57 bits per heavy atom. The predicted molar refractivity (Wildman–Crippen MR) is 91.5 cm³/mol. The van der Waals surface area contributed by atoms with Crippen LogP contribution in [0.25, 0.3) is 10.0 Å². The zero-order valence-corrected chi connectivity index (χ0v) is 14.6. The van der Waals surface area contributed by atoms with Gasteiger partial charge in [-0.15, -0.1) is 22.7 Å². The smallest absolute Gasteiger partial charge is 0.243 e. The van der Waals surface area contributed by atoms with Gasteiger partial charge in [-0.1, -0.05) is 6.92 Å². The zero-order valence-electron chi connectivity index (χ0n) is 12.9. The second-order valence-corrected chi connectivity index (χ2v) is 7.72. The third-order valence-corrected chi connectivity index (χ3v) is 5.69. The molecule has 8 heteroatoms. The Balaban J connectivity index is 1.87. The Bertz CT molecular complexity index is 734. The van der Waals surface area contributed by atoms with Crippen LogP contribution < -0.4 is 10.2 Å². The number of anilines is 1. The summed E-state index contributed by atoms with van der Waals surface area (Å²) in [6.07, 6.45) is 2.55. The van der Waals surface area contributed by atoms with Crippen LogP contribution in [-0.2, 0) is 4.79 Å². The minimum atomic E-state index is -0.261. The molecule has 6 nitrogen and oxygen atoms in total. The van der Waals surface area contributed by atoms with Crippen LogP contribution in [0.5, 0.6) is 0 Å². The van der Waals surface area contributed by atoms with Gasteiger partial charge in [-0.3, -0.25) is 4.79 Å². The van der Waals surface area contributed by atoms with Crippen molar-refractivity contribution in [3.63, 3.8) is 0 Å². The molecule has 23 heavy (non-hydrogen) atoms. The maximum atomic E-state index is 12.3. The van der Waals surface area contributed by atoms with E-state index in [9.17, 15) is 4.79 Å². The van der Waals surface area contributed by atoms with E-state index < -0.39 is 0 Å². The van der Waals surface area contributed by atoms with Gasteiger partial charge in [0.15, 0.2) is 10.0 Å². The second kappa shape index (κ2) is 6.64. The monoisotopic (exact) mass is 347 g/mol. The molecule has 120 valence electrons. The van der Waals surface area contributed by atoms with Gasteiger partial charge < -0.3 is 10.2 Å². The number of amides is 1. The highest BCUT2D eigenvalue weighted by Crippen LogP contribution is 2.37. The highest BCUT2D eigenvalue weighted by molar-refractivity contribution is 7.20. The minimum absolute atomic E-state index is 0.0397. The Labute approximate surface area is 142 Å². The fraction of sp³-hybridized carbons (Fsp3) is 0.467. The topological polar surface area (TPSA) is 81.9 Å². The predicted octanol–water partition coefficient (Wildman–Crippen LogP) is 2.43. The molecule has 0 spiro atoms. The van der Waals surface area contributed by atoms with Crippen LogP contribution in [0.3, 0.4) is 0 Å². The molecular weight excluding hydrogens is 330 g/mol. The van der Waals surface area contributed by atoms with E-state index in [0.717, 1.165) is 33.7 Å². The molecule has 2 aromatic heterocycles. The summed E-state index contributed by atoms with van der Waals surface area (Å²) in [6.45, 7) is 5.00. The molecule has 1 aliphatic heterocycles. The lowest BCUT2D eigenvalue weighted by Crippen LogP contribution is -2.43. The first kappa shape index (κ1) is 15.9. The molecule has 2 atom stereocenters. The Kier molecular flexibility index (Phi) is 4.59. The van der Waals surface area contributed by atoms with Gasteiger partial charge in [0.25, 0.3) is 0 Å². The summed E-state index contributed by atoms with van der Waals surface area (Å²) in [5.74, 6) is 1.18. The van der Waals surface area contributed by atoms with Gasteiger partial charge in [-0.25, -0.2) is 9.97 Å². The number of carbonyl (C=O) groups is 1. The lowest BCUT2D eigenvalue weighted by atomic mass is 10.1. The van der Waals surface area contributed by atoms with E-state index >= 15 is 0 Å². The first-order chi connectivity index (χ1) is 11.1. The van der Waals surface area contributed by atoms with Crippen molar-refractivity contribution >= 4 is 34.4 Å². The van der Waals surface area contributed by atoms with Crippen LogP contribution in [0.4, 0.5) is 5.82 Å². The van der Waals surface area contributed by atoms with Gasteiger partial charge >= 0.3 is 0 Å². The third-order valence-electron chi connectivity index (χ3n) is 3.81. The molecule has 3 heterocycles. The highest BCUT2D eigenvalue weighted by atomic mass is 32.1. The van der Waals surface area contributed by atoms with Crippen molar-refractivity contribution in [2.24, 2.45) is 5.92 Å². The van der Waals surface area contributed by atoms with E-state index in [-0.39, 0.29) is 18.5 Å². The van der Waals surface area contributed by atoms with Crippen LogP contribution in [0.15, 0.2) is 11.6 Å². The standard InChI is InChI=1S/C15H17N5OS2/c1-9-7-11(13(21)17-4-3-16)20(8-9)12-10(2)23-15(19-12)14-18-5-6-22-14/h5-6,9,11H,4,7-8H2,1-2H3,(H,17,21)/t9-,11-/m0/s1. The second-order valence-electron chi connectivity index (χ2n) is 5.62. The fourth-order valence-corrected chi connectivity index (χ4v) is 4.45. The molecule has 0 radical (unpaired) electrons. The van der Waals surface area contributed by atoms with Crippen LogP contribution >= 0.6 is 22.7 Å². The minimum Gasteiger partial charge on any atom is -0.343 e. The lowest BCUT2D eigenvalue weighted by molar-refractivity contribution is -0.122. The van der Waals surface area contributed by atoms with Gasteiger partial charge in [-0.2, -0.15) is 5.26 Å². The van der Waals surface area contributed by atoms with Crippen molar-refractivity contribution in [1.82, 2.24) is 15.3 Å². The molecule has 0 aliphatic carbocycles. The van der Waals surface area contributed by atoms with E-state index in [0.29, 0.717) is 5.92 Å². The van der Waals surface area contributed by atoms with E-state index in [4.69, 9.17) is 10.2 Å². The number of carbonyl (C=O) groups excluding carboxylic acids is 1. The molecule has 0 aromatic carbocycles. The van der Waals surface area contributed by atoms with Gasteiger partial charge in [-0.05, 0) is 19.3 Å². The molecule has 1 aliphatic rings. The van der Waals surface area contributed by atoms with Crippen molar-refractivity contribution in [2.45, 2.75) is 26.3 Å². The molecule has 3 rings (SSSR count). The van der Waals surface area contributed by atoms with Crippen molar-refractivity contribution in [2.75, 3.05) is 18.0 Å². The summed E-state index contributed by atoms with van der Waals surface area (Å²) in [6, 6.07) is 1.69. The fourth-order valence-electron chi connectivity index (χ4n) is 2.85. The molecule has 2 aromatic rings. The summed E-state index contributed by atoms with van der Waals surface area (Å²) in [5.41, 5.74) is 0. The van der Waals surface area contributed by atoms with Crippen molar-refractivity contribution in [1.29, 1.82) is 5.26 Å². The van der Waals surface area contributed by atoms with E-state index in [1.54, 1.807) is 28.9 Å². The van der Waals surface area contributed by atoms with Crippen LogP contribution in [0, 0.1) is 24.2 Å². The van der Waals surface area contributed by atoms with Gasteiger partial charge in [0.2, 0.25) is 5.91 Å². The van der Waals surface area contributed by atoms with Crippen LogP contribution in [0.2, 0.25) is 0 Å². The molecule has 0 saturated carbocycles. The number of nitriles is 1. The molecule has 0 bridgehead atoms. The number of hydrogen-bond acceptors (Lipinski definition) is 7. The van der Waals surface area contributed by atoms with Crippen molar-refractivity contribution in [3.05, 3.63) is 16.5 Å². The summed E-state index contributed by atoms with van der Waals surface area (Å²) in [5, 5.41) is 15.1. The lowest BCUT2D eigenvalue weighted by Gasteiger charge is -2.24. The Morgan fingerprint density at radius 2 is 2.39 bits per heavy atom. The van der Waals surface area contributed by atoms with E-state index in [1.807, 2.05) is 18.4 Å². The maximum absolute atomic E-state index is 12.3. The number of aromatic nitrogens is 2. The first-order valence-electron chi connectivity index (χ1n) is 7.38. The summed E-state index contributed by atoms with van der Waals surface area (Å²) >= 11 is 3.17. The summed E-state index contributed by atoms with van der Waals surface area (Å²) in [7, 11) is 0. The molecule has 1 fully saturated rings. The van der Waals surface area contributed by atoms with Gasteiger partial charge in [0.1, 0.15) is 18.4 Å². The normalized spacial score (nSPS) is 20.5. The number of hydrogen-bond donors (Lipinski definition) is 1. The average Bonchev–Trinajstić information content (AvgIpc) is 3.23. The van der Waals surface area contributed by atoms with Crippen molar-refractivity contribution < 1.29 is 4.79 Å². The van der Waals surface area contributed by atoms with Gasteiger partial charge in [0, 0.05) is 23.0 Å². The highest BCUT2D eigenvalue weighted by Gasteiger charge is 2.37. The van der Waals surface area contributed by atoms with Crippen LogP contribution in [0.1, 0.15) is 18.2 Å². The Hall–Kier alpha value is -1.98. The molecule has 1 N–H and O–H groups in total. The number of thiazole rings is 2. The number of rotatable bonds is 4. The number of aryl methyl sites for hydroxylation is 1. The molecule has 0 unspecified atom stereocenters. The Morgan fingerprint density at radius 3 is 3.09 bits per heavy atom. The SMILES string of the molecule is Cc1sc(-c2nccs2)nc1N1C[C@@H](C)C[C@H]1C(=O)NCC#N. The zero-order chi connectivity index (χ0) is 16.4. The van der Waals surface area contributed by atoms with Gasteiger partial charge in [0.05, 0.1) is 6.07 Å². The molecular formula is C15H17N5OS2. The summed E-state index contributed by atoms with van der Waals surface area (Å²) in [4.78, 5) is 24.5. The van der Waals surface area contributed by atoms with E-state index in [1.165, 1.54) is 0 Å². The number of nitrogens with one attached hydrogen (secondary N) is 1. The summed E-state index contributed by atoms with van der Waals surface area (Å²) < 4.78 is 0. The maximum Gasteiger partial charge on any atom is 0.243 e. The molecule has 1 amide bonds. The third kappa shape index (κ3) is 3.21. The average molecular weight is 347 g/mol. The van der Waals surface area contributed by atoms with Crippen LogP contribution in [-0.4, -0.2) is 35.0 Å². The molecule has 1 saturated heterocycles. The largest absolute Gasteiger partial charge is 0.343 e. The first-order valence-corrected chi connectivity index (χ1v) is 9.08.